The average Bonchev–Trinajstić information content (AvgIpc) is 2.08. The Morgan fingerprint density at radius 3 is 2.75 bits per heavy atom. The number of aliphatic hydroxyl groups is 1. The minimum Gasteiger partial charge on any atom is -0.384 e. The van der Waals surface area contributed by atoms with Crippen LogP contribution in [-0.4, -0.2) is 13.0 Å². The molecule has 0 aromatic heterocycles. The van der Waals surface area contributed by atoms with Gasteiger partial charge in [0, 0.05) is 0 Å². The van der Waals surface area contributed by atoms with Crippen LogP contribution in [0.1, 0.15) is 17.2 Å². The quantitative estimate of drug-likeness (QED) is 0.503. The van der Waals surface area contributed by atoms with Crippen molar-refractivity contribution in [2.24, 2.45) is 0 Å². The van der Waals surface area contributed by atoms with Crippen LogP contribution in [0.2, 0.25) is 0 Å². The zero-order chi connectivity index (χ0) is 9.14. The van der Waals surface area contributed by atoms with Gasteiger partial charge in [0.2, 0.25) is 0 Å². The van der Waals surface area contributed by atoms with E-state index in [0.717, 1.165) is 11.1 Å². The van der Waals surface area contributed by atoms with Crippen LogP contribution in [0.25, 0.3) is 0 Å². The minimum absolute atomic E-state index is 0.618. The lowest BCUT2D eigenvalue weighted by molar-refractivity contribution is 0.229. The Bertz CT molecular complexity index is 294. The third-order valence-corrected chi connectivity index (χ3v) is 1.87. The molecule has 1 rings (SSSR count). The fraction of sp³-hybridized carbons (Fsp3) is 0.200. The van der Waals surface area contributed by atoms with Gasteiger partial charge in [0.05, 0.1) is 6.10 Å². The van der Waals surface area contributed by atoms with E-state index in [1.165, 1.54) is 6.08 Å². The van der Waals surface area contributed by atoms with Gasteiger partial charge in [-0.2, -0.15) is 0 Å². The summed E-state index contributed by atoms with van der Waals surface area (Å²) in [5, 5.41) is 9.37. The molecule has 60 valence electrons. The predicted molar refractivity (Wildman–Crippen MR) is 51.7 cm³/mol. The van der Waals surface area contributed by atoms with Crippen molar-refractivity contribution in [2.75, 3.05) is 0 Å². The SMILES string of the molecule is [B]c1cc(C(O)C=C)ccc1C. The minimum atomic E-state index is -0.618. The molecule has 0 amide bonds. The van der Waals surface area contributed by atoms with E-state index in [9.17, 15) is 5.11 Å². The largest absolute Gasteiger partial charge is 0.384 e. The highest BCUT2D eigenvalue weighted by Crippen LogP contribution is 2.12. The lowest BCUT2D eigenvalue weighted by Crippen LogP contribution is -2.09. The summed E-state index contributed by atoms with van der Waals surface area (Å²) in [7, 11) is 5.67. The van der Waals surface area contributed by atoms with Crippen molar-refractivity contribution in [2.45, 2.75) is 13.0 Å². The Hall–Kier alpha value is -1.02. The smallest absolute Gasteiger partial charge is 0.114 e. The Balaban J connectivity index is 3.04. The van der Waals surface area contributed by atoms with Gasteiger partial charge in [-0.05, 0) is 12.5 Å². The maximum Gasteiger partial charge on any atom is 0.114 e. The summed E-state index contributed by atoms with van der Waals surface area (Å²) >= 11 is 0. The molecule has 0 aliphatic rings. The Kier molecular flexibility index (Phi) is 2.72. The fourth-order valence-corrected chi connectivity index (χ4v) is 0.979. The second kappa shape index (κ2) is 3.59. The zero-order valence-corrected chi connectivity index (χ0v) is 7.12. The number of aryl methyl sites for hydroxylation is 1. The highest BCUT2D eigenvalue weighted by Gasteiger charge is 2.02. The normalized spacial score (nSPS) is 12.5. The summed E-state index contributed by atoms with van der Waals surface area (Å²) in [5.74, 6) is 0. The van der Waals surface area contributed by atoms with E-state index in [-0.39, 0.29) is 0 Å². The summed E-state index contributed by atoms with van der Waals surface area (Å²) < 4.78 is 0. The standard InChI is InChI=1S/C10H11BO/c1-3-10(12)8-5-4-7(2)9(11)6-8/h3-6,10,12H,1H2,2H3. The van der Waals surface area contributed by atoms with Gasteiger partial charge in [-0.1, -0.05) is 35.3 Å². The predicted octanol–water partition coefficient (Wildman–Crippen LogP) is 1.01. The van der Waals surface area contributed by atoms with Crippen LogP contribution in [0, 0.1) is 6.92 Å². The number of hydrogen-bond donors (Lipinski definition) is 1. The lowest BCUT2D eigenvalue weighted by atomic mass is 9.88. The van der Waals surface area contributed by atoms with Crippen molar-refractivity contribution in [3.8, 4) is 0 Å². The molecular formula is C10H11BO. The Morgan fingerprint density at radius 1 is 1.58 bits per heavy atom. The molecule has 0 saturated heterocycles. The first-order valence-electron chi connectivity index (χ1n) is 3.82. The number of benzene rings is 1. The summed E-state index contributed by atoms with van der Waals surface area (Å²) in [6, 6.07) is 5.50. The molecule has 1 aromatic rings. The maximum absolute atomic E-state index is 9.37. The monoisotopic (exact) mass is 158 g/mol. The van der Waals surface area contributed by atoms with Crippen molar-refractivity contribution in [1.29, 1.82) is 0 Å². The van der Waals surface area contributed by atoms with Crippen LogP contribution in [0.3, 0.4) is 0 Å². The van der Waals surface area contributed by atoms with Gasteiger partial charge in [0.15, 0.2) is 0 Å². The first-order chi connectivity index (χ1) is 5.65. The van der Waals surface area contributed by atoms with Crippen molar-refractivity contribution < 1.29 is 5.11 Å². The lowest BCUT2D eigenvalue weighted by Gasteiger charge is -2.08. The van der Waals surface area contributed by atoms with E-state index in [2.05, 4.69) is 6.58 Å². The van der Waals surface area contributed by atoms with E-state index >= 15 is 0 Å². The highest BCUT2D eigenvalue weighted by molar-refractivity contribution is 6.33. The summed E-state index contributed by atoms with van der Waals surface area (Å²) in [6.45, 7) is 5.43. The molecule has 0 fully saturated rings. The van der Waals surface area contributed by atoms with Crippen LogP contribution in [0.5, 0.6) is 0 Å². The van der Waals surface area contributed by atoms with E-state index in [1.54, 1.807) is 6.07 Å². The van der Waals surface area contributed by atoms with E-state index in [1.807, 2.05) is 19.1 Å². The van der Waals surface area contributed by atoms with E-state index in [4.69, 9.17) is 7.85 Å². The molecular weight excluding hydrogens is 147 g/mol. The molecule has 0 aliphatic carbocycles. The van der Waals surface area contributed by atoms with Crippen LogP contribution in [-0.2, 0) is 0 Å². The number of rotatable bonds is 2. The second-order valence-electron chi connectivity index (χ2n) is 2.80. The zero-order valence-electron chi connectivity index (χ0n) is 7.12. The number of hydrogen-bond acceptors (Lipinski definition) is 1. The first-order valence-corrected chi connectivity index (χ1v) is 3.82. The maximum atomic E-state index is 9.37. The number of aliphatic hydroxyl groups excluding tert-OH is 1. The Morgan fingerprint density at radius 2 is 2.25 bits per heavy atom. The van der Waals surface area contributed by atoms with E-state index in [0.29, 0.717) is 5.46 Å². The van der Waals surface area contributed by atoms with Crippen LogP contribution < -0.4 is 5.46 Å². The van der Waals surface area contributed by atoms with E-state index < -0.39 is 6.10 Å². The molecule has 0 bridgehead atoms. The Labute approximate surface area is 74.1 Å². The molecule has 1 atom stereocenters. The third-order valence-electron chi connectivity index (χ3n) is 1.87. The molecule has 0 saturated carbocycles. The van der Waals surface area contributed by atoms with Gasteiger partial charge >= 0.3 is 0 Å². The molecule has 1 aromatic carbocycles. The van der Waals surface area contributed by atoms with Crippen molar-refractivity contribution in [1.82, 2.24) is 0 Å². The fourth-order valence-electron chi connectivity index (χ4n) is 0.979. The van der Waals surface area contributed by atoms with Crippen molar-refractivity contribution in [3.05, 3.63) is 42.0 Å². The summed E-state index contributed by atoms with van der Waals surface area (Å²) in [5.41, 5.74) is 2.51. The summed E-state index contributed by atoms with van der Waals surface area (Å²) in [4.78, 5) is 0. The molecule has 2 radical (unpaired) electrons. The molecule has 1 unspecified atom stereocenters. The van der Waals surface area contributed by atoms with Crippen LogP contribution >= 0.6 is 0 Å². The van der Waals surface area contributed by atoms with Gasteiger partial charge < -0.3 is 5.11 Å². The van der Waals surface area contributed by atoms with Gasteiger partial charge in [-0.25, -0.2) is 0 Å². The summed E-state index contributed by atoms with van der Waals surface area (Å²) in [6.07, 6.45) is 0.859. The van der Waals surface area contributed by atoms with Gasteiger partial charge in [-0.15, -0.1) is 6.58 Å². The van der Waals surface area contributed by atoms with Crippen molar-refractivity contribution >= 4 is 13.3 Å². The molecule has 2 heteroatoms. The molecule has 1 N–H and O–H groups in total. The van der Waals surface area contributed by atoms with Crippen LogP contribution in [0.15, 0.2) is 30.9 Å². The molecule has 0 heterocycles. The van der Waals surface area contributed by atoms with Gasteiger partial charge in [0.1, 0.15) is 7.85 Å². The highest BCUT2D eigenvalue weighted by atomic mass is 16.3. The van der Waals surface area contributed by atoms with Crippen LogP contribution in [0.4, 0.5) is 0 Å². The van der Waals surface area contributed by atoms with Gasteiger partial charge in [-0.3, -0.25) is 0 Å². The van der Waals surface area contributed by atoms with Gasteiger partial charge in [0.25, 0.3) is 0 Å². The third kappa shape index (κ3) is 1.77. The molecule has 12 heavy (non-hydrogen) atoms. The molecule has 0 aliphatic heterocycles. The molecule has 1 nitrogen and oxygen atoms in total. The van der Waals surface area contributed by atoms with Crippen molar-refractivity contribution in [3.63, 3.8) is 0 Å². The second-order valence-corrected chi connectivity index (χ2v) is 2.80. The average molecular weight is 158 g/mol. The first kappa shape index (κ1) is 9.08. The topological polar surface area (TPSA) is 20.2 Å². The molecule has 0 spiro atoms.